The number of hydrogen-bond donors (Lipinski definition) is 0. The Morgan fingerprint density at radius 1 is 1.41 bits per heavy atom. The van der Waals surface area contributed by atoms with E-state index in [2.05, 4.69) is 39.9 Å². The van der Waals surface area contributed by atoms with Gasteiger partial charge in [-0.3, -0.25) is 4.90 Å². The quantitative estimate of drug-likeness (QED) is 0.724. The maximum Gasteiger partial charge on any atom is 0.0462 e. The number of benzene rings is 1. The molecule has 0 unspecified atom stereocenters. The molecule has 0 amide bonds. The zero-order valence-corrected chi connectivity index (χ0v) is 12.6. The van der Waals surface area contributed by atoms with Crippen molar-refractivity contribution in [3.05, 3.63) is 33.3 Å². The minimum atomic E-state index is 0.807. The maximum absolute atomic E-state index is 6.28. The highest BCUT2D eigenvalue weighted by molar-refractivity contribution is 9.10. The lowest BCUT2D eigenvalue weighted by Gasteiger charge is -2.22. The third-order valence-corrected chi connectivity index (χ3v) is 4.10. The molecular weight excluding hydrogens is 298 g/mol. The third kappa shape index (κ3) is 3.97. The molecule has 1 aromatic rings. The second-order valence-electron chi connectivity index (χ2n) is 4.79. The summed E-state index contributed by atoms with van der Waals surface area (Å²) in [4.78, 5) is 2.58. The first-order valence-corrected chi connectivity index (χ1v) is 7.55. The predicted octanol–water partition coefficient (Wildman–Crippen LogP) is 4.87. The van der Waals surface area contributed by atoms with Crippen molar-refractivity contribution in [2.45, 2.75) is 45.2 Å². The lowest BCUT2D eigenvalue weighted by Crippen LogP contribution is -2.26. The molecule has 1 saturated carbocycles. The molecule has 1 aromatic carbocycles. The van der Waals surface area contributed by atoms with Gasteiger partial charge in [0.15, 0.2) is 0 Å². The van der Waals surface area contributed by atoms with E-state index in [1.807, 2.05) is 6.07 Å². The zero-order valence-electron chi connectivity index (χ0n) is 10.3. The molecular formula is C14H19BrClN. The molecule has 94 valence electrons. The van der Waals surface area contributed by atoms with Crippen molar-refractivity contribution in [2.24, 2.45) is 0 Å². The highest BCUT2D eigenvalue weighted by atomic mass is 79.9. The van der Waals surface area contributed by atoms with Gasteiger partial charge in [-0.2, -0.15) is 0 Å². The van der Waals surface area contributed by atoms with E-state index in [0.29, 0.717) is 0 Å². The van der Waals surface area contributed by atoms with Crippen molar-refractivity contribution in [1.29, 1.82) is 0 Å². The summed E-state index contributed by atoms with van der Waals surface area (Å²) in [7, 11) is 0. The van der Waals surface area contributed by atoms with Crippen LogP contribution in [0.5, 0.6) is 0 Å². The van der Waals surface area contributed by atoms with E-state index in [1.165, 1.54) is 37.8 Å². The molecule has 0 bridgehead atoms. The summed E-state index contributed by atoms with van der Waals surface area (Å²) in [6, 6.07) is 7.00. The van der Waals surface area contributed by atoms with Gasteiger partial charge in [0, 0.05) is 22.1 Å². The summed E-state index contributed by atoms with van der Waals surface area (Å²) >= 11 is 9.72. The Hall–Kier alpha value is -0.0500. The fourth-order valence-corrected chi connectivity index (χ4v) is 2.79. The van der Waals surface area contributed by atoms with Crippen LogP contribution in [-0.4, -0.2) is 17.5 Å². The highest BCUT2D eigenvalue weighted by Gasteiger charge is 2.28. The van der Waals surface area contributed by atoms with Crippen LogP contribution < -0.4 is 0 Å². The Balaban J connectivity index is 2.00. The van der Waals surface area contributed by atoms with Crippen molar-refractivity contribution in [3.63, 3.8) is 0 Å². The van der Waals surface area contributed by atoms with Gasteiger partial charge in [-0.25, -0.2) is 0 Å². The Morgan fingerprint density at radius 2 is 2.18 bits per heavy atom. The van der Waals surface area contributed by atoms with E-state index in [-0.39, 0.29) is 0 Å². The first kappa shape index (κ1) is 13.4. The van der Waals surface area contributed by atoms with Crippen LogP contribution in [-0.2, 0) is 6.54 Å². The minimum Gasteiger partial charge on any atom is -0.296 e. The van der Waals surface area contributed by atoms with Crippen LogP contribution in [0.2, 0.25) is 5.02 Å². The van der Waals surface area contributed by atoms with Crippen molar-refractivity contribution in [2.75, 3.05) is 6.54 Å². The number of nitrogens with zero attached hydrogens (tertiary/aromatic N) is 1. The molecule has 0 radical (unpaired) electrons. The Kier molecular flexibility index (Phi) is 4.89. The monoisotopic (exact) mass is 315 g/mol. The molecule has 1 nitrogen and oxygen atoms in total. The SMILES string of the molecule is CCCCN(Cc1ccc(Br)cc1Cl)C1CC1. The summed E-state index contributed by atoms with van der Waals surface area (Å²) in [6.45, 7) is 4.45. The Labute approximate surface area is 117 Å². The molecule has 0 atom stereocenters. The highest BCUT2D eigenvalue weighted by Crippen LogP contribution is 2.30. The Morgan fingerprint density at radius 3 is 2.76 bits per heavy atom. The molecule has 3 heteroatoms. The van der Waals surface area contributed by atoms with Crippen LogP contribution in [0.3, 0.4) is 0 Å². The predicted molar refractivity (Wildman–Crippen MR) is 77.5 cm³/mol. The van der Waals surface area contributed by atoms with E-state index in [9.17, 15) is 0 Å². The number of halogens is 2. The van der Waals surface area contributed by atoms with E-state index in [4.69, 9.17) is 11.6 Å². The van der Waals surface area contributed by atoms with Crippen LogP contribution in [0, 0.1) is 0 Å². The molecule has 0 aliphatic heterocycles. The molecule has 17 heavy (non-hydrogen) atoms. The van der Waals surface area contributed by atoms with Crippen molar-refractivity contribution >= 4 is 27.5 Å². The molecule has 2 rings (SSSR count). The molecule has 0 saturated heterocycles. The summed E-state index contributed by atoms with van der Waals surface area (Å²) < 4.78 is 1.05. The first-order chi connectivity index (χ1) is 8.20. The van der Waals surface area contributed by atoms with Gasteiger partial charge in [0.2, 0.25) is 0 Å². The van der Waals surface area contributed by atoms with Crippen molar-refractivity contribution < 1.29 is 0 Å². The summed E-state index contributed by atoms with van der Waals surface area (Å²) in [5.41, 5.74) is 1.25. The van der Waals surface area contributed by atoms with Crippen LogP contribution in [0.4, 0.5) is 0 Å². The van der Waals surface area contributed by atoms with E-state index >= 15 is 0 Å². The normalized spacial score (nSPS) is 15.5. The molecule has 1 aliphatic carbocycles. The minimum absolute atomic E-state index is 0.807. The van der Waals surface area contributed by atoms with Gasteiger partial charge in [0.1, 0.15) is 0 Å². The lowest BCUT2D eigenvalue weighted by molar-refractivity contribution is 0.251. The van der Waals surface area contributed by atoms with E-state index < -0.39 is 0 Å². The molecule has 1 aliphatic rings. The number of hydrogen-bond acceptors (Lipinski definition) is 1. The van der Waals surface area contributed by atoms with Crippen molar-refractivity contribution in [1.82, 2.24) is 4.90 Å². The van der Waals surface area contributed by atoms with Gasteiger partial charge in [-0.1, -0.05) is 46.9 Å². The van der Waals surface area contributed by atoms with Gasteiger partial charge >= 0.3 is 0 Å². The summed E-state index contributed by atoms with van der Waals surface area (Å²) in [5, 5.41) is 0.876. The van der Waals surface area contributed by atoms with Crippen LogP contribution in [0.15, 0.2) is 22.7 Å². The van der Waals surface area contributed by atoms with Crippen LogP contribution in [0.1, 0.15) is 38.2 Å². The number of rotatable bonds is 6. The smallest absolute Gasteiger partial charge is 0.0462 e. The summed E-state index contributed by atoms with van der Waals surface area (Å²) in [6.07, 6.45) is 5.26. The average Bonchev–Trinajstić information content (AvgIpc) is 3.11. The average molecular weight is 317 g/mol. The van der Waals surface area contributed by atoms with Gasteiger partial charge in [0.25, 0.3) is 0 Å². The molecule has 0 spiro atoms. The maximum atomic E-state index is 6.28. The van der Waals surface area contributed by atoms with Crippen LogP contribution in [0.25, 0.3) is 0 Å². The Bertz CT molecular complexity index is 376. The molecule has 0 heterocycles. The molecule has 0 N–H and O–H groups in total. The zero-order chi connectivity index (χ0) is 12.3. The molecule has 1 fully saturated rings. The van der Waals surface area contributed by atoms with E-state index in [0.717, 1.165) is 22.1 Å². The lowest BCUT2D eigenvalue weighted by atomic mass is 10.2. The van der Waals surface area contributed by atoms with Gasteiger partial charge < -0.3 is 0 Å². The molecule has 0 aromatic heterocycles. The fraction of sp³-hybridized carbons (Fsp3) is 0.571. The van der Waals surface area contributed by atoms with E-state index in [1.54, 1.807) is 0 Å². The van der Waals surface area contributed by atoms with Gasteiger partial charge in [-0.05, 0) is 43.5 Å². The standard InChI is InChI=1S/C14H19BrClN/c1-2-3-8-17(13-6-7-13)10-11-4-5-12(15)9-14(11)16/h4-5,9,13H,2-3,6-8,10H2,1H3. The topological polar surface area (TPSA) is 3.24 Å². The second-order valence-corrected chi connectivity index (χ2v) is 6.11. The van der Waals surface area contributed by atoms with Gasteiger partial charge in [-0.15, -0.1) is 0 Å². The van der Waals surface area contributed by atoms with Crippen LogP contribution >= 0.6 is 27.5 Å². The fourth-order valence-electron chi connectivity index (χ4n) is 2.06. The van der Waals surface area contributed by atoms with Crippen molar-refractivity contribution in [3.8, 4) is 0 Å². The number of unbranched alkanes of at least 4 members (excludes halogenated alkanes) is 1. The first-order valence-electron chi connectivity index (χ1n) is 6.38. The second kappa shape index (κ2) is 6.21. The van der Waals surface area contributed by atoms with Gasteiger partial charge in [0.05, 0.1) is 0 Å². The largest absolute Gasteiger partial charge is 0.296 e. The summed E-state index contributed by atoms with van der Waals surface area (Å²) in [5.74, 6) is 0. The third-order valence-electron chi connectivity index (χ3n) is 3.25.